The van der Waals surface area contributed by atoms with Crippen molar-refractivity contribution in [1.29, 1.82) is 0 Å². The average molecular weight is 168 g/mol. The molecule has 0 aliphatic heterocycles. The van der Waals surface area contributed by atoms with Crippen molar-refractivity contribution in [2.24, 2.45) is 0 Å². The summed E-state index contributed by atoms with van der Waals surface area (Å²) in [7, 11) is 0. The van der Waals surface area contributed by atoms with E-state index in [1.54, 1.807) is 6.92 Å². The first kappa shape index (κ1) is 9.03. The lowest BCUT2D eigenvalue weighted by Gasteiger charge is -2.06. The van der Waals surface area contributed by atoms with Crippen molar-refractivity contribution >= 4 is 5.69 Å². The first-order chi connectivity index (χ1) is 5.68. The van der Waals surface area contributed by atoms with E-state index in [-0.39, 0.29) is 0 Å². The van der Waals surface area contributed by atoms with Gasteiger partial charge in [-0.1, -0.05) is 0 Å². The fraction of sp³-hybridized carbons (Fsp3) is 0.333. The number of hydrogen-bond donors (Lipinski definition) is 2. The molecule has 4 N–H and O–H groups in total. The molecule has 1 unspecified atom stereocenters. The van der Waals surface area contributed by atoms with Crippen molar-refractivity contribution in [3.63, 3.8) is 0 Å². The van der Waals surface area contributed by atoms with E-state index in [9.17, 15) is 0 Å². The van der Waals surface area contributed by atoms with Crippen molar-refractivity contribution in [2.45, 2.75) is 13.0 Å². The highest BCUT2D eigenvalue weighted by atomic mass is 16.5. The molecule has 0 bridgehead atoms. The maximum absolute atomic E-state index is 8.93. The van der Waals surface area contributed by atoms with Crippen molar-refractivity contribution in [3.05, 3.63) is 24.3 Å². The number of aliphatic hydroxyl groups is 1. The van der Waals surface area contributed by atoms with Crippen LogP contribution in [0.5, 0.6) is 5.75 Å². The van der Waals surface area contributed by atoms with Crippen LogP contribution in [0.4, 0.5) is 5.69 Å². The molecule has 0 saturated carbocycles. The summed E-state index contributed by atoms with van der Waals surface area (Å²) in [6.45, 7) is 2.02. The summed E-state index contributed by atoms with van der Waals surface area (Å²) in [6.07, 6.45) is -0.426. The van der Waals surface area contributed by atoms with Gasteiger partial charge in [0.25, 0.3) is 0 Å². The van der Waals surface area contributed by atoms with Gasteiger partial charge >= 0.3 is 0 Å². The van der Waals surface area contributed by atoms with E-state index in [4.69, 9.17) is 9.84 Å². The van der Waals surface area contributed by atoms with Crippen LogP contribution in [0.2, 0.25) is 0 Å². The van der Waals surface area contributed by atoms with Crippen molar-refractivity contribution < 1.29 is 15.6 Å². The molecule has 1 atom stereocenters. The summed E-state index contributed by atoms with van der Waals surface area (Å²) in [5.41, 5.74) is 4.71. The molecule has 0 spiro atoms. The number of benzene rings is 1. The maximum Gasteiger partial charge on any atom is 0.128 e. The van der Waals surface area contributed by atoms with E-state index in [0.717, 1.165) is 11.4 Å². The topological polar surface area (TPSA) is 57.1 Å². The Hall–Kier alpha value is -1.06. The third-order valence-corrected chi connectivity index (χ3v) is 1.41. The van der Waals surface area contributed by atoms with Gasteiger partial charge in [0.2, 0.25) is 0 Å². The molecular weight excluding hydrogens is 154 g/mol. The van der Waals surface area contributed by atoms with Gasteiger partial charge in [-0.15, -0.1) is 0 Å². The third-order valence-electron chi connectivity index (χ3n) is 1.41. The average Bonchev–Trinajstić information content (AvgIpc) is 2.03. The van der Waals surface area contributed by atoms with E-state index in [1.807, 2.05) is 24.3 Å². The van der Waals surface area contributed by atoms with Gasteiger partial charge in [0.05, 0.1) is 6.10 Å². The van der Waals surface area contributed by atoms with Crippen LogP contribution >= 0.6 is 0 Å². The molecule has 1 aromatic carbocycles. The largest absolute Gasteiger partial charge is 0.491 e. The molecule has 1 aromatic rings. The molecule has 0 radical (unpaired) electrons. The predicted octanol–water partition coefficient (Wildman–Crippen LogP) is 0.320. The van der Waals surface area contributed by atoms with Crippen LogP contribution in [0, 0.1) is 0 Å². The molecule has 3 nitrogen and oxygen atoms in total. The van der Waals surface area contributed by atoms with Crippen LogP contribution in [0.15, 0.2) is 24.3 Å². The first-order valence-corrected chi connectivity index (χ1v) is 3.91. The molecule has 0 saturated heterocycles. The molecule has 0 aromatic heterocycles. The highest BCUT2D eigenvalue weighted by molar-refractivity contribution is 5.34. The molecule has 66 valence electrons. The first-order valence-electron chi connectivity index (χ1n) is 3.91. The van der Waals surface area contributed by atoms with E-state index >= 15 is 0 Å². The predicted molar refractivity (Wildman–Crippen MR) is 46.2 cm³/mol. The number of aliphatic hydroxyl groups excluding tert-OH is 1. The SMILES string of the molecule is CC(O)COc1ccc([NH3+])cc1. The number of quaternary nitrogens is 1. The van der Waals surface area contributed by atoms with E-state index in [2.05, 4.69) is 5.73 Å². The van der Waals surface area contributed by atoms with Crippen LogP contribution in [-0.2, 0) is 0 Å². The molecule has 0 aliphatic carbocycles. The standard InChI is InChI=1S/C9H13NO2/c1-7(11)6-12-9-4-2-8(10)3-5-9/h2-5,7,11H,6,10H2,1H3/p+1. The van der Waals surface area contributed by atoms with Gasteiger partial charge in [0, 0.05) is 12.1 Å². The Bertz CT molecular complexity index is 231. The zero-order valence-electron chi connectivity index (χ0n) is 7.16. The van der Waals surface area contributed by atoms with E-state index in [0.29, 0.717) is 6.61 Å². The van der Waals surface area contributed by atoms with Crippen LogP contribution in [0.1, 0.15) is 6.92 Å². The number of ether oxygens (including phenoxy) is 1. The normalized spacial score (nSPS) is 12.6. The Labute approximate surface area is 71.8 Å². The van der Waals surface area contributed by atoms with Crippen LogP contribution in [0.3, 0.4) is 0 Å². The Morgan fingerprint density at radius 2 is 2.00 bits per heavy atom. The summed E-state index contributed by atoms with van der Waals surface area (Å²) >= 11 is 0. The second-order valence-corrected chi connectivity index (χ2v) is 2.80. The minimum Gasteiger partial charge on any atom is -0.491 e. The molecule has 0 heterocycles. The lowest BCUT2D eigenvalue weighted by Crippen LogP contribution is -2.39. The van der Waals surface area contributed by atoms with Gasteiger partial charge in [-0.25, -0.2) is 0 Å². The third kappa shape index (κ3) is 2.90. The van der Waals surface area contributed by atoms with Gasteiger partial charge in [-0.3, -0.25) is 0 Å². The molecule has 0 aliphatic rings. The molecule has 12 heavy (non-hydrogen) atoms. The molecule has 0 fully saturated rings. The van der Waals surface area contributed by atoms with E-state index in [1.165, 1.54) is 0 Å². The number of hydrogen-bond acceptors (Lipinski definition) is 2. The second kappa shape index (κ2) is 4.09. The van der Waals surface area contributed by atoms with Crippen molar-refractivity contribution in [1.82, 2.24) is 0 Å². The van der Waals surface area contributed by atoms with Gasteiger partial charge in [-0.05, 0) is 19.1 Å². The van der Waals surface area contributed by atoms with Gasteiger partial charge in [0.1, 0.15) is 18.0 Å². The minimum absolute atomic E-state index is 0.330. The number of rotatable bonds is 3. The van der Waals surface area contributed by atoms with Gasteiger partial charge in [-0.2, -0.15) is 0 Å². The summed E-state index contributed by atoms with van der Waals surface area (Å²) in [5, 5.41) is 8.93. The Morgan fingerprint density at radius 3 is 2.50 bits per heavy atom. The Morgan fingerprint density at radius 1 is 1.42 bits per heavy atom. The minimum atomic E-state index is -0.426. The van der Waals surface area contributed by atoms with Gasteiger partial charge in [0.15, 0.2) is 0 Å². The summed E-state index contributed by atoms with van der Waals surface area (Å²) in [4.78, 5) is 0. The molecule has 0 amide bonds. The summed E-state index contributed by atoms with van der Waals surface area (Å²) in [5.74, 6) is 0.767. The fourth-order valence-electron chi connectivity index (χ4n) is 0.803. The molecule has 1 rings (SSSR count). The zero-order chi connectivity index (χ0) is 8.97. The Kier molecular flexibility index (Phi) is 3.08. The fourth-order valence-corrected chi connectivity index (χ4v) is 0.803. The van der Waals surface area contributed by atoms with Crippen LogP contribution < -0.4 is 10.5 Å². The summed E-state index contributed by atoms with van der Waals surface area (Å²) in [6, 6.07) is 7.42. The second-order valence-electron chi connectivity index (χ2n) is 2.80. The summed E-state index contributed by atoms with van der Waals surface area (Å²) < 4.78 is 5.24. The van der Waals surface area contributed by atoms with Gasteiger partial charge < -0.3 is 15.6 Å². The monoisotopic (exact) mass is 168 g/mol. The van der Waals surface area contributed by atoms with Crippen molar-refractivity contribution in [2.75, 3.05) is 6.61 Å². The molecular formula is C9H14NO2+. The highest BCUT2D eigenvalue weighted by Gasteiger charge is 1.97. The maximum atomic E-state index is 8.93. The van der Waals surface area contributed by atoms with Crippen LogP contribution in [0.25, 0.3) is 0 Å². The zero-order valence-corrected chi connectivity index (χ0v) is 7.16. The Balaban J connectivity index is 2.48. The lowest BCUT2D eigenvalue weighted by atomic mass is 10.3. The lowest BCUT2D eigenvalue weighted by molar-refractivity contribution is -0.254. The van der Waals surface area contributed by atoms with E-state index < -0.39 is 6.10 Å². The highest BCUT2D eigenvalue weighted by Crippen LogP contribution is 2.11. The smallest absolute Gasteiger partial charge is 0.128 e. The van der Waals surface area contributed by atoms with Crippen molar-refractivity contribution in [3.8, 4) is 5.75 Å². The molecule has 3 heteroatoms. The quantitative estimate of drug-likeness (QED) is 0.683. The van der Waals surface area contributed by atoms with Crippen LogP contribution in [-0.4, -0.2) is 17.8 Å².